The topological polar surface area (TPSA) is 0 Å². The van der Waals surface area contributed by atoms with Gasteiger partial charge >= 0.3 is 22.7 Å². The molecule has 30 valence electrons. The van der Waals surface area contributed by atoms with Gasteiger partial charge < -0.3 is 0 Å². The van der Waals surface area contributed by atoms with Crippen LogP contribution in [0.3, 0.4) is 0 Å². The summed E-state index contributed by atoms with van der Waals surface area (Å²) in [5, 5.41) is 0. The van der Waals surface area contributed by atoms with E-state index < -0.39 is 0 Å². The Labute approximate surface area is 60.2 Å². The molecule has 0 nitrogen and oxygen atoms in total. The largest absolute Gasteiger partial charge is 0 e. The first-order valence-electron chi connectivity index (χ1n) is 0.408. The fraction of sp³-hybridized carbons (Fsp3) is 0. The van der Waals surface area contributed by atoms with E-state index >= 15 is 0 Å². The van der Waals surface area contributed by atoms with E-state index in [2.05, 4.69) is 16.1 Å². The number of hydrogen-bond acceptors (Lipinski definition) is 0. The van der Waals surface area contributed by atoms with Crippen LogP contribution in [-0.2, 0) is 54.0 Å². The second-order valence-electron chi connectivity index (χ2n) is 0. The summed E-state index contributed by atoms with van der Waals surface area (Å²) in [6.07, 6.45) is 0. The van der Waals surface area contributed by atoms with Crippen molar-refractivity contribution in [1.82, 2.24) is 0 Å². The molecule has 0 saturated carbocycles. The van der Waals surface area contributed by atoms with Crippen molar-refractivity contribution in [3.8, 4) is 0 Å². The third kappa shape index (κ3) is 9.20. The van der Waals surface area contributed by atoms with Crippen LogP contribution in [0.25, 0.3) is 0 Å². The van der Waals surface area contributed by atoms with Crippen molar-refractivity contribution in [3.05, 3.63) is 0 Å². The summed E-state index contributed by atoms with van der Waals surface area (Å²) in [5.41, 5.74) is 0. The minimum atomic E-state index is 0. The van der Waals surface area contributed by atoms with Crippen LogP contribution in [0.1, 0.15) is 0 Å². The van der Waals surface area contributed by atoms with Crippen LogP contribution in [-0.4, -0.2) is 6.62 Å². The molecule has 0 unspecified atom stereocenters. The van der Waals surface area contributed by atoms with Gasteiger partial charge in [-0.05, 0) is 0 Å². The zero-order valence-electron chi connectivity index (χ0n) is 2.06. The van der Waals surface area contributed by atoms with Gasteiger partial charge in [0.25, 0.3) is 0 Å². The van der Waals surface area contributed by atoms with Gasteiger partial charge in [-0.25, -0.2) is 0 Å². The summed E-state index contributed by atoms with van der Waals surface area (Å²) in [4.78, 5) is 0. The van der Waals surface area contributed by atoms with Gasteiger partial charge in [-0.2, -0.15) is 0 Å². The quantitative estimate of drug-likeness (QED) is 0.507. The molecule has 0 spiro atoms. The van der Waals surface area contributed by atoms with Crippen molar-refractivity contribution >= 4 is 6.62 Å². The van der Waals surface area contributed by atoms with Crippen molar-refractivity contribution in [3.63, 3.8) is 0 Å². The van der Waals surface area contributed by atoms with Crippen LogP contribution in [0, 0.1) is 0 Å². The van der Waals surface area contributed by atoms with Crippen LogP contribution in [0.2, 0.25) is 0 Å². The molecule has 0 aromatic carbocycles. The van der Waals surface area contributed by atoms with E-state index in [1.165, 1.54) is 0 Å². The molecule has 0 aromatic heterocycles. The van der Waals surface area contributed by atoms with E-state index in [1.54, 1.807) is 0 Å². The van der Waals surface area contributed by atoms with Crippen molar-refractivity contribution in [2.24, 2.45) is 0 Å². The van der Waals surface area contributed by atoms with E-state index in [9.17, 15) is 0 Å². The SMILES string of the molecule is [BH2][Cr].[Co].[Pt]. The van der Waals surface area contributed by atoms with Gasteiger partial charge in [0.15, 0.2) is 0 Å². The Hall–Kier alpha value is 1.79. The number of hydrogen-bond donors (Lipinski definition) is 0. The third-order valence-electron chi connectivity index (χ3n) is 0. The van der Waals surface area contributed by atoms with Crippen molar-refractivity contribution in [1.29, 1.82) is 0 Å². The molecule has 0 atom stereocenters. The molecule has 0 saturated heterocycles. The Morgan fingerprint density at radius 1 is 1.25 bits per heavy atom. The molecule has 0 aliphatic heterocycles. The normalized spacial score (nSPS) is 1.00. The average molecular weight is 319 g/mol. The van der Waals surface area contributed by atoms with E-state index in [1.807, 2.05) is 6.62 Å². The molecule has 0 aliphatic carbocycles. The molecule has 0 amide bonds. The summed E-state index contributed by atoms with van der Waals surface area (Å²) in [7, 11) is 0. The van der Waals surface area contributed by atoms with Crippen molar-refractivity contribution in [2.45, 2.75) is 0 Å². The molecular formula is H2BCoCrPt. The molecule has 0 aromatic rings. The molecule has 0 rings (SSSR count). The van der Waals surface area contributed by atoms with Gasteiger partial charge in [0.2, 0.25) is 0 Å². The second kappa shape index (κ2) is 21.5. The first-order valence-corrected chi connectivity index (χ1v) is 1.68. The van der Waals surface area contributed by atoms with Crippen LogP contribution < -0.4 is 0 Å². The zero-order chi connectivity index (χ0) is 2.00. The van der Waals surface area contributed by atoms with Crippen LogP contribution in [0.4, 0.5) is 0 Å². The van der Waals surface area contributed by atoms with Gasteiger partial charge in [0.05, 0.1) is 0 Å². The Kier molecular flexibility index (Phi) is 91.5. The monoisotopic (exact) mass is 319 g/mol. The summed E-state index contributed by atoms with van der Waals surface area (Å²) in [6, 6.07) is 0. The van der Waals surface area contributed by atoms with E-state index in [0.717, 1.165) is 0 Å². The first-order chi connectivity index (χ1) is 1.00. The predicted molar refractivity (Wildman–Crippen MR) is 8.54 cm³/mol. The molecule has 0 aliphatic rings. The molecule has 1 radical (unpaired) electrons. The number of rotatable bonds is 0. The first kappa shape index (κ1) is 17.1. The zero-order valence-corrected chi connectivity index (χ0v) is 6.65. The molecule has 0 bridgehead atoms. The predicted octanol–water partition coefficient (Wildman–Crippen LogP) is -0.924. The maximum absolute atomic E-state index is 2.62. The molecule has 4 heteroatoms. The van der Waals surface area contributed by atoms with Crippen molar-refractivity contribution in [2.75, 3.05) is 0 Å². The van der Waals surface area contributed by atoms with Gasteiger partial charge in [-0.1, -0.05) is 0 Å². The smallest absolute Gasteiger partial charge is 0 e. The Morgan fingerprint density at radius 2 is 1.25 bits per heavy atom. The van der Waals surface area contributed by atoms with Crippen LogP contribution in [0.15, 0.2) is 0 Å². The average Bonchev–Trinajstić information content (AvgIpc) is 1.00. The molecule has 0 N–H and O–H groups in total. The van der Waals surface area contributed by atoms with Gasteiger partial charge in [0.1, 0.15) is 0 Å². The summed E-state index contributed by atoms with van der Waals surface area (Å²) in [6.45, 7) is 1.88. The molecule has 0 heterocycles. The van der Waals surface area contributed by atoms with E-state index in [4.69, 9.17) is 0 Å². The standard InChI is InChI=1S/BH2.Co.Cr.Pt/h1H2;;;/q+1;;-1;. The Balaban J connectivity index is -0.00000000500. The van der Waals surface area contributed by atoms with E-state index in [-0.39, 0.29) is 37.8 Å². The summed E-state index contributed by atoms with van der Waals surface area (Å²) < 4.78 is 0. The van der Waals surface area contributed by atoms with Crippen LogP contribution in [0.5, 0.6) is 0 Å². The summed E-state index contributed by atoms with van der Waals surface area (Å²) >= 11 is 2.62. The van der Waals surface area contributed by atoms with Gasteiger partial charge in [0, 0.05) is 37.8 Å². The van der Waals surface area contributed by atoms with Gasteiger partial charge in [-0.3, -0.25) is 0 Å². The maximum Gasteiger partial charge on any atom is 0 e. The third-order valence-corrected chi connectivity index (χ3v) is 0. The maximum atomic E-state index is 2.62. The fourth-order valence-electron chi connectivity index (χ4n) is 0. The van der Waals surface area contributed by atoms with Gasteiger partial charge in [-0.15, -0.1) is 0 Å². The van der Waals surface area contributed by atoms with Crippen molar-refractivity contribution < 1.29 is 54.0 Å². The molecule has 4 heavy (non-hydrogen) atoms. The minimum absolute atomic E-state index is 0. The van der Waals surface area contributed by atoms with Crippen LogP contribution >= 0.6 is 0 Å². The molecular weight excluding hydrogens is 317 g/mol. The summed E-state index contributed by atoms with van der Waals surface area (Å²) in [5.74, 6) is 0. The molecule has 0 fully saturated rings. The van der Waals surface area contributed by atoms with E-state index in [0.29, 0.717) is 0 Å². The Bertz CT molecular complexity index is 8.00. The Morgan fingerprint density at radius 3 is 1.25 bits per heavy atom. The minimum Gasteiger partial charge on any atom is 0 e. The fourth-order valence-corrected chi connectivity index (χ4v) is 0. The second-order valence-corrected chi connectivity index (χ2v) is 0.